The zero-order chi connectivity index (χ0) is 12.7. The molecular formula is C11H6ClNO4S. The molecule has 18 heavy (non-hydrogen) atoms. The third-order valence-electron chi connectivity index (χ3n) is 2.42. The van der Waals surface area contributed by atoms with E-state index in [1.165, 1.54) is 0 Å². The smallest absolute Gasteiger partial charge is 0.290 e. The summed E-state index contributed by atoms with van der Waals surface area (Å²) in [6, 6.07) is 3.30. The Kier molecular flexibility index (Phi) is 2.68. The van der Waals surface area contributed by atoms with E-state index in [1.807, 2.05) is 0 Å². The summed E-state index contributed by atoms with van der Waals surface area (Å²) in [5.74, 6) is 0.724. The number of benzene rings is 1. The molecule has 1 N–H and O–H groups in total. The molecule has 0 saturated carbocycles. The number of halogens is 1. The molecule has 92 valence electrons. The zero-order valence-electron chi connectivity index (χ0n) is 8.86. The van der Waals surface area contributed by atoms with Crippen LogP contribution in [0.2, 0.25) is 5.02 Å². The van der Waals surface area contributed by atoms with Crippen molar-refractivity contribution in [3.05, 3.63) is 27.6 Å². The van der Waals surface area contributed by atoms with Crippen LogP contribution in [0.5, 0.6) is 11.5 Å². The predicted molar refractivity (Wildman–Crippen MR) is 66.7 cm³/mol. The minimum atomic E-state index is -0.418. The molecule has 0 atom stereocenters. The van der Waals surface area contributed by atoms with E-state index >= 15 is 0 Å². The number of rotatable bonds is 1. The van der Waals surface area contributed by atoms with Crippen LogP contribution in [0.4, 0.5) is 4.79 Å². The van der Waals surface area contributed by atoms with Crippen LogP contribution < -0.4 is 14.8 Å². The van der Waals surface area contributed by atoms with E-state index in [-0.39, 0.29) is 12.0 Å². The molecule has 1 aromatic rings. The van der Waals surface area contributed by atoms with Crippen molar-refractivity contribution in [2.24, 2.45) is 0 Å². The maximum Gasteiger partial charge on any atom is 0.290 e. The third kappa shape index (κ3) is 1.93. The van der Waals surface area contributed by atoms with E-state index in [9.17, 15) is 9.59 Å². The molecule has 5 nitrogen and oxygen atoms in total. The van der Waals surface area contributed by atoms with E-state index in [0.717, 1.165) is 11.8 Å². The average Bonchev–Trinajstić information content (AvgIpc) is 2.86. The first kappa shape index (κ1) is 11.4. The van der Waals surface area contributed by atoms with Crippen molar-refractivity contribution in [2.75, 3.05) is 6.79 Å². The number of imide groups is 1. The van der Waals surface area contributed by atoms with Gasteiger partial charge in [0.2, 0.25) is 6.79 Å². The minimum Gasteiger partial charge on any atom is -0.454 e. The second-order valence-electron chi connectivity index (χ2n) is 3.58. The first-order valence-electron chi connectivity index (χ1n) is 4.97. The molecule has 0 aromatic heterocycles. The molecule has 1 fully saturated rings. The summed E-state index contributed by atoms with van der Waals surface area (Å²) >= 11 is 6.91. The van der Waals surface area contributed by atoms with Gasteiger partial charge in [0.1, 0.15) is 0 Å². The third-order valence-corrected chi connectivity index (χ3v) is 3.56. The Labute approximate surface area is 111 Å². The predicted octanol–water partition coefficient (Wildman–Crippen LogP) is 2.39. The maximum absolute atomic E-state index is 11.4. The lowest BCUT2D eigenvalue weighted by Gasteiger charge is -2.02. The highest BCUT2D eigenvalue weighted by Gasteiger charge is 2.25. The summed E-state index contributed by atoms with van der Waals surface area (Å²) in [4.78, 5) is 22.8. The van der Waals surface area contributed by atoms with Gasteiger partial charge in [-0.1, -0.05) is 11.6 Å². The Morgan fingerprint density at radius 1 is 1.28 bits per heavy atom. The Morgan fingerprint density at radius 3 is 2.67 bits per heavy atom. The molecular weight excluding hydrogens is 278 g/mol. The van der Waals surface area contributed by atoms with Gasteiger partial charge in [0.05, 0.1) is 9.93 Å². The summed E-state index contributed by atoms with van der Waals surface area (Å²) in [7, 11) is 0. The SMILES string of the molecule is O=C1NC(=O)/C(=C\c2cc3c(cc2Cl)OCO3)S1. The van der Waals surface area contributed by atoms with Crippen molar-refractivity contribution >= 4 is 40.6 Å². The van der Waals surface area contributed by atoms with Crippen LogP contribution in [-0.2, 0) is 4.79 Å². The number of hydrogen-bond acceptors (Lipinski definition) is 5. The van der Waals surface area contributed by atoms with Crippen molar-refractivity contribution in [3.8, 4) is 11.5 Å². The van der Waals surface area contributed by atoms with E-state index in [2.05, 4.69) is 5.32 Å². The second kappa shape index (κ2) is 4.22. The van der Waals surface area contributed by atoms with Crippen molar-refractivity contribution in [2.45, 2.75) is 0 Å². The molecule has 0 unspecified atom stereocenters. The van der Waals surface area contributed by atoms with Crippen LogP contribution in [-0.4, -0.2) is 17.9 Å². The molecule has 0 radical (unpaired) electrons. The highest BCUT2D eigenvalue weighted by molar-refractivity contribution is 8.18. The van der Waals surface area contributed by atoms with Crippen LogP contribution >= 0.6 is 23.4 Å². The van der Waals surface area contributed by atoms with Crippen molar-refractivity contribution < 1.29 is 19.1 Å². The van der Waals surface area contributed by atoms with Gasteiger partial charge in [0.15, 0.2) is 11.5 Å². The van der Waals surface area contributed by atoms with Gasteiger partial charge >= 0.3 is 0 Å². The molecule has 0 bridgehead atoms. The van der Waals surface area contributed by atoms with Crippen molar-refractivity contribution in [3.63, 3.8) is 0 Å². The lowest BCUT2D eigenvalue weighted by Crippen LogP contribution is -2.17. The Balaban J connectivity index is 2.00. The monoisotopic (exact) mass is 283 g/mol. The molecule has 0 spiro atoms. The van der Waals surface area contributed by atoms with Gasteiger partial charge in [-0.05, 0) is 29.5 Å². The van der Waals surface area contributed by atoms with Gasteiger partial charge in [-0.3, -0.25) is 14.9 Å². The quantitative estimate of drug-likeness (QED) is 0.802. The number of carbonyl (C=O) groups is 2. The lowest BCUT2D eigenvalue weighted by atomic mass is 10.2. The Bertz CT molecular complexity index is 599. The standard InChI is InChI=1S/C11H6ClNO4S/c12-6-3-8-7(16-4-17-8)1-5(6)2-9-10(14)13-11(15)18-9/h1-3H,4H2,(H,13,14,15)/b9-2+. The van der Waals surface area contributed by atoms with Crippen LogP contribution in [0.25, 0.3) is 6.08 Å². The summed E-state index contributed by atoms with van der Waals surface area (Å²) < 4.78 is 10.4. The van der Waals surface area contributed by atoms with Crippen LogP contribution in [0.3, 0.4) is 0 Å². The molecule has 1 aromatic carbocycles. The minimum absolute atomic E-state index is 0.152. The van der Waals surface area contributed by atoms with Gasteiger partial charge in [0.25, 0.3) is 11.1 Å². The Morgan fingerprint density at radius 2 is 2.00 bits per heavy atom. The first-order chi connectivity index (χ1) is 8.63. The first-order valence-corrected chi connectivity index (χ1v) is 6.17. The number of carbonyl (C=O) groups excluding carboxylic acids is 2. The van der Waals surface area contributed by atoms with E-state index in [4.69, 9.17) is 21.1 Å². The number of hydrogen-bond donors (Lipinski definition) is 1. The van der Waals surface area contributed by atoms with Crippen molar-refractivity contribution in [1.82, 2.24) is 5.32 Å². The molecule has 2 aliphatic rings. The number of amides is 2. The highest BCUT2D eigenvalue weighted by Crippen LogP contribution is 2.38. The average molecular weight is 284 g/mol. The Hall–Kier alpha value is -1.66. The largest absolute Gasteiger partial charge is 0.454 e. The fourth-order valence-electron chi connectivity index (χ4n) is 1.61. The number of fused-ring (bicyclic) bond motifs is 1. The fraction of sp³-hybridized carbons (Fsp3) is 0.0909. The van der Waals surface area contributed by atoms with Crippen LogP contribution in [0, 0.1) is 0 Å². The summed E-state index contributed by atoms with van der Waals surface area (Å²) in [6.07, 6.45) is 1.55. The van der Waals surface area contributed by atoms with Gasteiger partial charge in [0, 0.05) is 6.07 Å². The van der Waals surface area contributed by atoms with E-state index in [1.54, 1.807) is 18.2 Å². The lowest BCUT2D eigenvalue weighted by molar-refractivity contribution is -0.115. The number of nitrogens with one attached hydrogen (secondary N) is 1. The fourth-order valence-corrected chi connectivity index (χ4v) is 2.49. The number of thioether (sulfide) groups is 1. The van der Waals surface area contributed by atoms with Gasteiger partial charge in [-0.2, -0.15) is 0 Å². The second-order valence-corrected chi connectivity index (χ2v) is 5.00. The highest BCUT2D eigenvalue weighted by atomic mass is 35.5. The van der Waals surface area contributed by atoms with E-state index < -0.39 is 5.91 Å². The summed E-state index contributed by atoms with van der Waals surface area (Å²) in [6.45, 7) is 0.152. The normalized spacial score (nSPS) is 19.5. The topological polar surface area (TPSA) is 64.6 Å². The van der Waals surface area contributed by atoms with E-state index in [0.29, 0.717) is 27.0 Å². The molecule has 2 aliphatic heterocycles. The van der Waals surface area contributed by atoms with Gasteiger partial charge in [-0.15, -0.1) is 0 Å². The molecule has 7 heteroatoms. The molecule has 2 heterocycles. The molecule has 0 aliphatic carbocycles. The molecule has 2 amide bonds. The molecule has 1 saturated heterocycles. The van der Waals surface area contributed by atoms with Gasteiger partial charge in [-0.25, -0.2) is 0 Å². The van der Waals surface area contributed by atoms with Gasteiger partial charge < -0.3 is 9.47 Å². The van der Waals surface area contributed by atoms with Crippen LogP contribution in [0.15, 0.2) is 17.0 Å². The number of ether oxygens (including phenoxy) is 2. The maximum atomic E-state index is 11.4. The summed E-state index contributed by atoms with van der Waals surface area (Å²) in [5.41, 5.74) is 0.605. The van der Waals surface area contributed by atoms with Crippen LogP contribution in [0.1, 0.15) is 5.56 Å². The van der Waals surface area contributed by atoms with Crippen molar-refractivity contribution in [1.29, 1.82) is 0 Å². The zero-order valence-corrected chi connectivity index (χ0v) is 10.4. The molecule has 3 rings (SSSR count). The summed E-state index contributed by atoms with van der Waals surface area (Å²) in [5, 5.41) is 2.22.